The highest BCUT2D eigenvalue weighted by Crippen LogP contribution is 2.32. The highest BCUT2D eigenvalue weighted by Gasteiger charge is 2.32. The van der Waals surface area contributed by atoms with Crippen molar-refractivity contribution in [3.05, 3.63) is 120 Å². The lowest BCUT2D eigenvalue weighted by atomic mass is 9.95. The highest BCUT2D eigenvalue weighted by molar-refractivity contribution is 7.07. The molecule has 2 heterocycles. The number of phenols is 1. The summed E-state index contributed by atoms with van der Waals surface area (Å²) in [4.78, 5) is 32.4. The second kappa shape index (κ2) is 10.1. The summed E-state index contributed by atoms with van der Waals surface area (Å²) in [6.07, 6.45) is 1.58. The number of carbonyl (C=O) groups excluding carboxylic acids is 1. The number of allylic oxidation sites excluding steroid dienone is 1. The third-order valence-corrected chi connectivity index (χ3v) is 7.20. The van der Waals surface area contributed by atoms with E-state index in [4.69, 9.17) is 16.3 Å². The monoisotopic (exact) mass is 531 g/mol. The molecule has 0 saturated carbocycles. The number of rotatable bonds is 5. The molecule has 3 aromatic carbocycles. The molecule has 186 valence electrons. The molecule has 0 fully saturated rings. The van der Waals surface area contributed by atoms with Gasteiger partial charge in [0, 0.05) is 16.3 Å². The third-order valence-electron chi connectivity index (χ3n) is 5.98. The molecule has 0 unspecified atom stereocenters. The van der Waals surface area contributed by atoms with Crippen LogP contribution in [0.3, 0.4) is 0 Å². The molecular weight excluding hydrogens is 510 g/mol. The first-order valence-electron chi connectivity index (χ1n) is 11.4. The average Bonchev–Trinajstić information content (AvgIpc) is 3.20. The van der Waals surface area contributed by atoms with Crippen LogP contribution in [0.15, 0.2) is 93.9 Å². The van der Waals surface area contributed by atoms with Gasteiger partial charge in [-0.1, -0.05) is 53.3 Å². The lowest BCUT2D eigenvalue weighted by molar-refractivity contribution is -0.113. The molecule has 0 radical (unpaired) electrons. The normalized spacial score (nSPS) is 15.2. The van der Waals surface area contributed by atoms with Crippen LogP contribution in [0.25, 0.3) is 6.08 Å². The fourth-order valence-electron chi connectivity index (χ4n) is 4.24. The summed E-state index contributed by atoms with van der Waals surface area (Å²) in [7, 11) is 1.56. The molecule has 1 aliphatic rings. The molecule has 1 atom stereocenters. The molecule has 1 aliphatic heterocycles. The van der Waals surface area contributed by atoms with E-state index >= 15 is 0 Å². The second-order valence-electron chi connectivity index (χ2n) is 8.38. The first kappa shape index (κ1) is 24.5. The summed E-state index contributed by atoms with van der Waals surface area (Å²) >= 11 is 7.28. The summed E-state index contributed by atoms with van der Waals surface area (Å²) in [6, 6.07) is 20.3. The van der Waals surface area contributed by atoms with Crippen LogP contribution in [-0.4, -0.2) is 22.7 Å². The smallest absolute Gasteiger partial charge is 0.271 e. The maximum absolute atomic E-state index is 13.8. The quantitative estimate of drug-likeness (QED) is 0.403. The number of fused-ring (bicyclic) bond motifs is 1. The lowest BCUT2D eigenvalue weighted by Gasteiger charge is -2.25. The number of nitrogens with zero attached hydrogens (tertiary/aromatic N) is 2. The number of aromatic hydroxyl groups is 1. The number of amides is 1. The number of para-hydroxylation sites is 1. The standard InChI is InChI=1S/C28H22ClN3O4S/c1-16-24(26(34)31-20-8-4-3-5-9-20)25(17-7-6-10-21(14-17)36-2)32-27(35)23(37-28(32)30-16)15-18-13-19(29)11-12-22(18)33/h3-15,25,33H,1-2H3,(H,31,34)/b23-15-/t25-/m1/s1. The predicted molar refractivity (Wildman–Crippen MR) is 145 cm³/mol. The number of carbonyl (C=O) groups is 1. The van der Waals surface area contributed by atoms with Crippen LogP contribution in [-0.2, 0) is 4.79 Å². The molecule has 9 heteroatoms. The Labute approximate surface area is 221 Å². The Hall–Kier alpha value is -4.14. The fourth-order valence-corrected chi connectivity index (χ4v) is 5.46. The van der Waals surface area contributed by atoms with E-state index in [1.54, 1.807) is 56.5 Å². The van der Waals surface area contributed by atoms with Gasteiger partial charge in [-0.15, -0.1) is 0 Å². The molecule has 1 amide bonds. The van der Waals surface area contributed by atoms with Gasteiger partial charge < -0.3 is 15.2 Å². The number of methoxy groups -OCH3 is 1. The molecular formula is C28H22ClN3O4S. The largest absolute Gasteiger partial charge is 0.507 e. The van der Waals surface area contributed by atoms with E-state index in [9.17, 15) is 14.7 Å². The molecule has 0 bridgehead atoms. The maximum atomic E-state index is 13.8. The van der Waals surface area contributed by atoms with E-state index < -0.39 is 6.04 Å². The van der Waals surface area contributed by atoms with Crippen molar-refractivity contribution in [3.8, 4) is 11.5 Å². The molecule has 5 rings (SSSR count). The van der Waals surface area contributed by atoms with Gasteiger partial charge in [-0.3, -0.25) is 14.2 Å². The van der Waals surface area contributed by atoms with E-state index in [-0.39, 0.29) is 17.2 Å². The van der Waals surface area contributed by atoms with Crippen molar-refractivity contribution >= 4 is 40.6 Å². The Bertz CT molecular complexity index is 1720. The minimum absolute atomic E-state index is 0.00121. The number of ether oxygens (including phenoxy) is 1. The minimum atomic E-state index is -0.745. The molecule has 37 heavy (non-hydrogen) atoms. The van der Waals surface area contributed by atoms with Crippen molar-refractivity contribution in [2.75, 3.05) is 12.4 Å². The third kappa shape index (κ3) is 4.81. The zero-order chi connectivity index (χ0) is 26.1. The zero-order valence-corrected chi connectivity index (χ0v) is 21.5. The SMILES string of the molecule is COc1cccc([C@@H]2C(C(=O)Nc3ccccc3)=C(C)N=c3s/c(=C\c4cc(Cl)ccc4O)c(=O)n32)c1. The van der Waals surface area contributed by atoms with Crippen LogP contribution in [0.1, 0.15) is 24.1 Å². The summed E-state index contributed by atoms with van der Waals surface area (Å²) < 4.78 is 7.28. The number of thiazole rings is 1. The fraction of sp³-hybridized carbons (Fsp3) is 0.107. The van der Waals surface area contributed by atoms with Crippen LogP contribution in [0.5, 0.6) is 11.5 Å². The number of hydrogen-bond donors (Lipinski definition) is 2. The number of benzene rings is 3. The summed E-state index contributed by atoms with van der Waals surface area (Å²) in [5.41, 5.74) is 2.25. The first-order valence-corrected chi connectivity index (χ1v) is 12.6. The Morgan fingerprint density at radius 3 is 2.68 bits per heavy atom. The Balaban J connectivity index is 1.71. The number of hydrogen-bond acceptors (Lipinski definition) is 6. The Morgan fingerprint density at radius 1 is 1.14 bits per heavy atom. The van der Waals surface area contributed by atoms with Crippen molar-refractivity contribution in [1.82, 2.24) is 4.57 Å². The highest BCUT2D eigenvalue weighted by atomic mass is 35.5. The van der Waals surface area contributed by atoms with Gasteiger partial charge in [-0.05, 0) is 61.0 Å². The molecule has 0 saturated heterocycles. The Morgan fingerprint density at radius 2 is 1.92 bits per heavy atom. The Kier molecular flexibility index (Phi) is 6.69. The first-order chi connectivity index (χ1) is 17.9. The van der Waals surface area contributed by atoms with E-state index in [2.05, 4.69) is 10.3 Å². The van der Waals surface area contributed by atoms with Crippen LogP contribution < -0.4 is 24.9 Å². The van der Waals surface area contributed by atoms with Gasteiger partial charge >= 0.3 is 0 Å². The zero-order valence-electron chi connectivity index (χ0n) is 19.9. The topological polar surface area (TPSA) is 92.9 Å². The van der Waals surface area contributed by atoms with Crippen LogP contribution in [0, 0.1) is 0 Å². The van der Waals surface area contributed by atoms with Gasteiger partial charge in [-0.25, -0.2) is 4.99 Å². The number of phenolic OH excluding ortho intramolecular Hbond substituents is 1. The van der Waals surface area contributed by atoms with Gasteiger partial charge in [0.05, 0.1) is 29.0 Å². The van der Waals surface area contributed by atoms with Gasteiger partial charge in [-0.2, -0.15) is 0 Å². The van der Waals surface area contributed by atoms with Crippen molar-refractivity contribution in [3.63, 3.8) is 0 Å². The number of anilines is 1. The molecule has 0 aliphatic carbocycles. The number of aromatic nitrogens is 1. The van der Waals surface area contributed by atoms with E-state index in [1.807, 2.05) is 30.3 Å². The van der Waals surface area contributed by atoms with Gasteiger partial charge in [0.15, 0.2) is 4.80 Å². The van der Waals surface area contributed by atoms with E-state index in [0.29, 0.717) is 48.2 Å². The van der Waals surface area contributed by atoms with Gasteiger partial charge in [0.2, 0.25) is 0 Å². The summed E-state index contributed by atoms with van der Waals surface area (Å²) in [5.74, 6) is 0.238. The van der Waals surface area contributed by atoms with Crippen LogP contribution in [0.4, 0.5) is 5.69 Å². The average molecular weight is 532 g/mol. The van der Waals surface area contributed by atoms with Crippen LogP contribution >= 0.6 is 22.9 Å². The maximum Gasteiger partial charge on any atom is 0.271 e. The molecule has 2 N–H and O–H groups in total. The van der Waals surface area contributed by atoms with Gasteiger partial charge in [0.1, 0.15) is 11.5 Å². The summed E-state index contributed by atoms with van der Waals surface area (Å²) in [6.45, 7) is 1.76. The van der Waals surface area contributed by atoms with E-state index in [1.165, 1.54) is 22.0 Å². The molecule has 4 aromatic rings. The second-order valence-corrected chi connectivity index (χ2v) is 9.83. The van der Waals surface area contributed by atoms with E-state index in [0.717, 1.165) is 0 Å². The number of nitrogens with one attached hydrogen (secondary N) is 1. The number of halogens is 1. The molecule has 1 aromatic heterocycles. The van der Waals surface area contributed by atoms with Crippen molar-refractivity contribution in [1.29, 1.82) is 0 Å². The van der Waals surface area contributed by atoms with Crippen molar-refractivity contribution < 1.29 is 14.6 Å². The lowest BCUT2D eigenvalue weighted by Crippen LogP contribution is -2.40. The predicted octanol–water partition coefficient (Wildman–Crippen LogP) is 4.24. The van der Waals surface area contributed by atoms with Gasteiger partial charge in [0.25, 0.3) is 11.5 Å². The minimum Gasteiger partial charge on any atom is -0.507 e. The van der Waals surface area contributed by atoms with Crippen molar-refractivity contribution in [2.45, 2.75) is 13.0 Å². The summed E-state index contributed by atoms with van der Waals surface area (Å²) in [5, 5.41) is 13.6. The van der Waals surface area contributed by atoms with Crippen molar-refractivity contribution in [2.24, 2.45) is 4.99 Å². The molecule has 0 spiro atoms. The van der Waals surface area contributed by atoms with Crippen LogP contribution in [0.2, 0.25) is 5.02 Å². The molecule has 7 nitrogen and oxygen atoms in total.